The number of likely N-dealkylation sites (tertiary alicyclic amines) is 2. The number of anilines is 2. The van der Waals surface area contributed by atoms with Crippen molar-refractivity contribution in [3.63, 3.8) is 0 Å². The van der Waals surface area contributed by atoms with Gasteiger partial charge in [0.1, 0.15) is 30.5 Å². The van der Waals surface area contributed by atoms with Gasteiger partial charge in [0.25, 0.3) is 11.8 Å². The van der Waals surface area contributed by atoms with Gasteiger partial charge in [0.2, 0.25) is 11.8 Å². The summed E-state index contributed by atoms with van der Waals surface area (Å²) in [5.41, 5.74) is 0.411. The first-order valence-electron chi connectivity index (χ1n) is 33.9. The molecule has 1 aliphatic carbocycles. The predicted molar refractivity (Wildman–Crippen MR) is 367 cm³/mol. The van der Waals surface area contributed by atoms with Gasteiger partial charge in [0.15, 0.2) is 0 Å². The molecule has 5 amide bonds. The molecule has 536 valence electrons. The number of halogens is 8. The molecule has 100 heavy (non-hydrogen) atoms. The first-order chi connectivity index (χ1) is 47.8. The maximum Gasteiger partial charge on any atom is 0.416 e. The molecule has 0 radical (unpaired) electrons. The highest BCUT2D eigenvalue weighted by Crippen LogP contribution is 2.49. The van der Waals surface area contributed by atoms with Gasteiger partial charge in [-0.2, -0.15) is 26.3 Å². The van der Waals surface area contributed by atoms with Gasteiger partial charge in [-0.05, 0) is 136 Å². The number of nitrogens with zero attached hydrogens (tertiary/aromatic N) is 7. The summed E-state index contributed by atoms with van der Waals surface area (Å²) in [6.45, 7) is 4.69. The number of ether oxygens (including phenoxy) is 3. The van der Waals surface area contributed by atoms with Crippen molar-refractivity contribution in [2.75, 3.05) is 124 Å². The van der Waals surface area contributed by atoms with Crippen molar-refractivity contribution < 1.29 is 74.0 Å². The summed E-state index contributed by atoms with van der Waals surface area (Å²) in [7, 11) is 6.66. The van der Waals surface area contributed by atoms with Gasteiger partial charge in [-0.15, -0.1) is 0 Å². The maximum absolute atomic E-state index is 14.3. The zero-order valence-electron chi connectivity index (χ0n) is 56.7. The third kappa shape index (κ3) is 17.7. The average molecular weight is 1410 g/mol. The van der Waals surface area contributed by atoms with Crippen LogP contribution in [0.5, 0.6) is 5.75 Å². The van der Waals surface area contributed by atoms with Crippen LogP contribution in [0.3, 0.4) is 0 Å². The second-order valence-corrected chi connectivity index (χ2v) is 27.0. The van der Waals surface area contributed by atoms with Gasteiger partial charge in [0.05, 0.1) is 52.8 Å². The Morgan fingerprint density at radius 2 is 1.35 bits per heavy atom. The lowest BCUT2D eigenvalue weighted by Crippen LogP contribution is -2.50. The number of para-hydroxylation sites is 1. The van der Waals surface area contributed by atoms with Crippen molar-refractivity contribution in [2.45, 2.75) is 106 Å². The summed E-state index contributed by atoms with van der Waals surface area (Å²) < 4.78 is 116. The van der Waals surface area contributed by atoms with Crippen LogP contribution in [-0.4, -0.2) is 190 Å². The van der Waals surface area contributed by atoms with E-state index in [1.54, 1.807) is 40.9 Å². The van der Waals surface area contributed by atoms with E-state index in [0.717, 1.165) is 53.1 Å². The Hall–Kier alpha value is -8.29. The van der Waals surface area contributed by atoms with Gasteiger partial charge < -0.3 is 54.0 Å². The lowest BCUT2D eigenvalue weighted by atomic mass is 9.72. The number of nitrogens with one attached hydrogen (secondary N) is 1. The van der Waals surface area contributed by atoms with Crippen LogP contribution in [0, 0.1) is 5.82 Å². The number of benzene rings is 6. The molecule has 4 aliphatic rings. The number of likely N-dealkylation sites (N-methyl/N-ethyl adjacent to an activating group) is 2. The number of fused-ring (bicyclic) bond motifs is 2. The Morgan fingerprint density at radius 3 is 2.03 bits per heavy atom. The molecule has 2 N–H and O–H groups in total. The highest BCUT2D eigenvalue weighted by molar-refractivity contribution is 6.33. The minimum atomic E-state index is -5.16. The van der Waals surface area contributed by atoms with Crippen LogP contribution in [0.4, 0.5) is 46.9 Å². The lowest BCUT2D eigenvalue weighted by molar-refractivity contribution is -0.143. The summed E-state index contributed by atoms with van der Waals surface area (Å²) in [6, 6.07) is 34.8. The zero-order valence-corrected chi connectivity index (χ0v) is 57.5. The van der Waals surface area contributed by atoms with Crippen LogP contribution >= 0.6 is 11.6 Å². The molecule has 25 heteroatoms. The summed E-state index contributed by atoms with van der Waals surface area (Å²) >= 11 is 6.75. The van der Waals surface area contributed by atoms with Crippen LogP contribution in [0.2, 0.25) is 5.02 Å². The van der Waals surface area contributed by atoms with Gasteiger partial charge in [-0.1, -0.05) is 103 Å². The average Bonchev–Trinajstić information content (AvgIpc) is 1.51. The number of piperidine rings is 2. The highest BCUT2D eigenvalue weighted by Gasteiger charge is 2.50. The molecule has 0 bridgehead atoms. The molecular formula is C75H86ClF7N8O9. The number of amides is 5. The molecule has 10 rings (SSSR count). The van der Waals surface area contributed by atoms with Crippen molar-refractivity contribution in [1.82, 2.24) is 29.4 Å². The van der Waals surface area contributed by atoms with Crippen LogP contribution in [-0.2, 0) is 48.9 Å². The van der Waals surface area contributed by atoms with E-state index in [1.165, 1.54) is 36.3 Å². The third-order valence-electron chi connectivity index (χ3n) is 20.2. The Balaban J connectivity index is 0.638. The highest BCUT2D eigenvalue weighted by atomic mass is 35.5. The van der Waals surface area contributed by atoms with E-state index in [4.69, 9.17) is 25.8 Å². The van der Waals surface area contributed by atoms with Gasteiger partial charge in [-0.3, -0.25) is 24.1 Å². The number of hydrogen-bond donors (Lipinski definition) is 2. The first-order valence-corrected chi connectivity index (χ1v) is 34.3. The molecule has 3 heterocycles. The molecule has 3 saturated heterocycles. The van der Waals surface area contributed by atoms with Crippen LogP contribution < -0.4 is 15.0 Å². The first kappa shape index (κ1) is 74.4. The summed E-state index contributed by atoms with van der Waals surface area (Å²) in [4.78, 5) is 79.2. The van der Waals surface area contributed by atoms with Crippen molar-refractivity contribution in [3.05, 3.63) is 183 Å². The molecule has 1 spiro atoms. The molecule has 17 nitrogen and oxygen atoms in total. The summed E-state index contributed by atoms with van der Waals surface area (Å²) in [5, 5.41) is 14.1. The van der Waals surface area contributed by atoms with Gasteiger partial charge in [0, 0.05) is 109 Å². The number of carbonyl (C=O) groups is 5. The molecule has 0 unspecified atom stereocenters. The Bertz CT molecular complexity index is 3800. The molecule has 6 aromatic rings. The molecular weight excluding hydrogens is 1330 g/mol. The number of carbonyl (C=O) groups excluding carboxylic acids is 4. The fraction of sp³-hybridized carbons (Fsp3) is 0.453. The topological polar surface area (TPSA) is 168 Å². The van der Waals surface area contributed by atoms with E-state index >= 15 is 0 Å². The van der Waals surface area contributed by atoms with E-state index in [1.807, 2.05) is 73.8 Å². The zero-order chi connectivity index (χ0) is 71.5. The quantitative estimate of drug-likeness (QED) is 0.0370. The number of methoxy groups -OCH3 is 1. The van der Waals surface area contributed by atoms with E-state index in [-0.39, 0.29) is 61.1 Å². The second kappa shape index (κ2) is 32.6. The van der Waals surface area contributed by atoms with Crippen LogP contribution in [0.15, 0.2) is 133 Å². The molecule has 0 aromatic heterocycles. The maximum atomic E-state index is 14.3. The van der Waals surface area contributed by atoms with Crippen molar-refractivity contribution in [3.8, 4) is 16.9 Å². The van der Waals surface area contributed by atoms with E-state index < -0.39 is 64.6 Å². The molecule has 2 atom stereocenters. The Morgan fingerprint density at radius 1 is 0.710 bits per heavy atom. The monoisotopic (exact) mass is 1410 g/mol. The Kier molecular flexibility index (Phi) is 24.2. The van der Waals surface area contributed by atoms with Gasteiger partial charge >= 0.3 is 18.4 Å². The second-order valence-electron chi connectivity index (χ2n) is 26.6. The third-order valence-corrected chi connectivity index (χ3v) is 20.5. The summed E-state index contributed by atoms with van der Waals surface area (Å²) in [6.07, 6.45) is -4.97. The summed E-state index contributed by atoms with van der Waals surface area (Å²) in [5.74, 6) is -1.76. The number of hydrogen-bond acceptors (Lipinski definition) is 11. The standard InChI is InChI=1S/C75H86ClF7N8O9/c1-85(33-15-34-87(3)70(95)60-46-62(76)63(47-65(60)98-4)84-32-14-6-9-22-67(92)86(2)40-41-88-35-27-58(28-36-88)91(71(96)97)64-21-13-11-19-59(64)51-16-7-5-8-17-51)68(93)48-99-66-44-52-18-10-12-20-61(52)72(66)29-37-89(38-30-72)39-31-73(54-23-25-57(77)26-24-54)49-90(50-100-73)69(94)53-42-55(74(78,79)80)45-56(43-53)75(81,82)83/h5,7-8,10-13,16-21,23-26,42-43,45-47,58,66,84H,6,9,14-15,22,27-41,44,48-50H2,1-4H3,(H,96,97)/t66-,73+/m0/s1. The number of rotatable bonds is 27. The number of carboxylic acid groups (broad SMARTS) is 1. The SMILES string of the molecule is COc1cc(NCCCCCC(=O)N(C)CCN2CCC(N(C(=O)O)c3ccccc3-c3ccccc3)CC2)c(Cl)cc1C(=O)N(C)CCCN(C)C(=O)CO[C@H]1Cc2ccccc2C12CCN(CC[C@]1(c3ccc(F)cc3)CN(C(=O)c3cc(C(F)(F)F)cc(C(F)(F)F)c3)CO1)CC2. The normalized spacial score (nSPS) is 18.0. The molecule has 6 aromatic carbocycles. The van der Waals surface area contributed by atoms with E-state index in [2.05, 4.69) is 27.2 Å². The lowest BCUT2D eigenvalue weighted by Gasteiger charge is -2.44. The van der Waals surface area contributed by atoms with Crippen LogP contribution in [0.25, 0.3) is 11.1 Å². The smallest absolute Gasteiger partial charge is 0.416 e. The molecule has 3 aliphatic heterocycles. The fourth-order valence-electron chi connectivity index (χ4n) is 14.4. The minimum Gasteiger partial charge on any atom is -0.496 e. The van der Waals surface area contributed by atoms with Crippen LogP contribution in [0.1, 0.15) is 113 Å². The molecule has 3 fully saturated rings. The largest absolute Gasteiger partial charge is 0.496 e. The Labute approximate surface area is 583 Å². The van der Waals surface area contributed by atoms with Gasteiger partial charge in [-0.25, -0.2) is 9.18 Å². The molecule has 0 saturated carbocycles. The number of alkyl halides is 6. The minimum absolute atomic E-state index is 0.0332. The van der Waals surface area contributed by atoms with Crippen molar-refractivity contribution >= 4 is 52.7 Å². The van der Waals surface area contributed by atoms with E-state index in [9.17, 15) is 59.8 Å². The predicted octanol–water partition coefficient (Wildman–Crippen LogP) is 13.6. The fourth-order valence-corrected chi connectivity index (χ4v) is 14.6. The van der Waals surface area contributed by atoms with Crippen molar-refractivity contribution in [2.24, 2.45) is 0 Å². The number of unbranched alkanes of at least 4 members (excludes halogenated alkanes) is 2. The van der Waals surface area contributed by atoms with E-state index in [0.29, 0.717) is 144 Å². The van der Waals surface area contributed by atoms with Crippen molar-refractivity contribution in [1.29, 1.82) is 0 Å².